The van der Waals surface area contributed by atoms with E-state index >= 15 is 0 Å². The van der Waals surface area contributed by atoms with Crippen LogP contribution in [0, 0.1) is 12.3 Å². The van der Waals surface area contributed by atoms with Crippen LogP contribution >= 0.6 is 0 Å². The Morgan fingerprint density at radius 2 is 1.85 bits per heavy atom. The fourth-order valence-electron chi connectivity index (χ4n) is 1.77. The average Bonchev–Trinajstić information content (AvgIpc) is 2.37. The first-order chi connectivity index (χ1) is 9.18. The van der Waals surface area contributed by atoms with Gasteiger partial charge in [-0.3, -0.25) is 4.79 Å². The molecule has 0 amide bonds. The number of rotatable bonds is 6. The smallest absolute Gasteiger partial charge is 0.164 e. The van der Waals surface area contributed by atoms with Gasteiger partial charge >= 0.3 is 0 Å². The Labute approximate surface area is 116 Å². The monoisotopic (exact) mass is 274 g/mol. The van der Waals surface area contributed by atoms with Gasteiger partial charge in [-0.05, 0) is 25.5 Å². The van der Waals surface area contributed by atoms with Crippen LogP contribution < -0.4 is 10.2 Å². The van der Waals surface area contributed by atoms with Crippen molar-refractivity contribution in [3.63, 3.8) is 0 Å². The highest BCUT2D eigenvalue weighted by molar-refractivity contribution is 6.02. The normalized spacial score (nSPS) is 13.3. The zero-order chi connectivity index (χ0) is 15.5. The summed E-state index contributed by atoms with van der Waals surface area (Å²) in [6, 6.07) is 6.58. The van der Waals surface area contributed by atoms with E-state index in [-0.39, 0.29) is 0 Å². The van der Waals surface area contributed by atoms with Crippen LogP contribution in [0.15, 0.2) is 36.4 Å². The molecule has 0 spiro atoms. The topological polar surface area (TPSA) is 97.3 Å². The van der Waals surface area contributed by atoms with Crippen LogP contribution in [0.3, 0.4) is 0 Å². The lowest BCUT2D eigenvalue weighted by molar-refractivity contribution is -0.320. The minimum atomic E-state index is -2.00. The van der Waals surface area contributed by atoms with E-state index in [0.717, 1.165) is 12.5 Å². The predicted octanol–water partition coefficient (Wildman–Crippen LogP) is -0.370. The lowest BCUT2D eigenvalue weighted by Crippen LogP contribution is -2.47. The molecule has 1 rings (SSSR count). The maximum Gasteiger partial charge on any atom is 0.164 e. The third-order valence-corrected chi connectivity index (χ3v) is 3.22. The molecule has 1 aromatic rings. The summed E-state index contributed by atoms with van der Waals surface area (Å²) in [5.74, 6) is -3.88. The molecule has 0 aliphatic heterocycles. The van der Waals surface area contributed by atoms with Crippen molar-refractivity contribution >= 4 is 17.7 Å². The third-order valence-electron chi connectivity index (χ3n) is 3.22. The number of hydrogen-bond donors (Lipinski definition) is 0. The Bertz CT molecular complexity index is 588. The van der Waals surface area contributed by atoms with Gasteiger partial charge in [-0.2, -0.15) is 0 Å². The molecule has 0 heterocycles. The van der Waals surface area contributed by atoms with Gasteiger partial charge in [0.25, 0.3) is 0 Å². The van der Waals surface area contributed by atoms with E-state index in [0.29, 0.717) is 5.56 Å². The van der Waals surface area contributed by atoms with Gasteiger partial charge in [0.1, 0.15) is 0 Å². The van der Waals surface area contributed by atoms with Gasteiger partial charge in [0, 0.05) is 17.4 Å². The molecular weight excluding hydrogens is 260 g/mol. The zero-order valence-corrected chi connectivity index (χ0v) is 11.3. The van der Waals surface area contributed by atoms with Crippen molar-refractivity contribution in [1.29, 1.82) is 0 Å². The highest BCUT2D eigenvalue weighted by Crippen LogP contribution is 2.30. The summed E-state index contributed by atoms with van der Waals surface area (Å²) in [6.45, 7) is 6.05. The SMILES string of the molecule is C=C(C(=O)[O-])C(C)(CC(=O)c1cccc(C)c1)C(=O)[O-]. The van der Waals surface area contributed by atoms with E-state index in [9.17, 15) is 24.6 Å². The molecule has 1 unspecified atom stereocenters. The summed E-state index contributed by atoms with van der Waals surface area (Å²) < 4.78 is 0. The Hall–Kier alpha value is -2.43. The number of ketones is 1. The Kier molecular flexibility index (Phi) is 4.45. The molecule has 0 aliphatic carbocycles. The van der Waals surface area contributed by atoms with Crippen molar-refractivity contribution < 1.29 is 24.6 Å². The van der Waals surface area contributed by atoms with Crippen molar-refractivity contribution in [1.82, 2.24) is 0 Å². The van der Waals surface area contributed by atoms with Gasteiger partial charge in [0.05, 0.1) is 11.9 Å². The molecule has 0 bridgehead atoms. The van der Waals surface area contributed by atoms with E-state index in [1.54, 1.807) is 25.1 Å². The number of carbonyl (C=O) groups excluding carboxylic acids is 3. The van der Waals surface area contributed by atoms with Gasteiger partial charge in [-0.25, -0.2) is 0 Å². The summed E-state index contributed by atoms with van der Waals surface area (Å²) in [5.41, 5.74) is -1.54. The van der Waals surface area contributed by atoms with Crippen molar-refractivity contribution in [3.8, 4) is 0 Å². The summed E-state index contributed by atoms with van der Waals surface area (Å²) in [5, 5.41) is 22.0. The molecule has 0 saturated heterocycles. The van der Waals surface area contributed by atoms with Crippen LogP contribution in [0.25, 0.3) is 0 Å². The summed E-state index contributed by atoms with van der Waals surface area (Å²) in [6.07, 6.45) is -0.550. The maximum absolute atomic E-state index is 12.1. The zero-order valence-electron chi connectivity index (χ0n) is 11.3. The van der Waals surface area contributed by atoms with Crippen molar-refractivity contribution in [3.05, 3.63) is 47.5 Å². The number of hydrogen-bond acceptors (Lipinski definition) is 5. The first-order valence-corrected chi connectivity index (χ1v) is 5.90. The van der Waals surface area contributed by atoms with Crippen LogP contribution in [-0.4, -0.2) is 17.7 Å². The predicted molar refractivity (Wildman–Crippen MR) is 67.4 cm³/mol. The molecule has 1 atom stereocenters. The molecule has 0 aliphatic rings. The van der Waals surface area contributed by atoms with Crippen LogP contribution in [0.1, 0.15) is 29.3 Å². The van der Waals surface area contributed by atoms with Crippen LogP contribution in [0.2, 0.25) is 0 Å². The Morgan fingerprint density at radius 1 is 1.25 bits per heavy atom. The second-order valence-corrected chi connectivity index (χ2v) is 4.86. The van der Waals surface area contributed by atoms with Gasteiger partial charge < -0.3 is 19.8 Å². The number of carboxylic acids is 2. The quantitative estimate of drug-likeness (QED) is 0.520. The molecule has 5 nitrogen and oxygen atoms in total. The highest BCUT2D eigenvalue weighted by Gasteiger charge is 2.33. The fraction of sp³-hybridized carbons (Fsp3) is 0.267. The second-order valence-electron chi connectivity index (χ2n) is 4.86. The lowest BCUT2D eigenvalue weighted by Gasteiger charge is -2.32. The van der Waals surface area contributed by atoms with Gasteiger partial charge in [-0.15, -0.1) is 0 Å². The van der Waals surface area contributed by atoms with Crippen molar-refractivity contribution in [2.75, 3.05) is 0 Å². The van der Waals surface area contributed by atoms with E-state index in [4.69, 9.17) is 0 Å². The molecule has 0 N–H and O–H groups in total. The minimum Gasteiger partial charge on any atom is -0.549 e. The van der Waals surface area contributed by atoms with Crippen LogP contribution in [0.5, 0.6) is 0 Å². The molecule has 0 radical (unpaired) electrons. The average molecular weight is 274 g/mol. The lowest BCUT2D eigenvalue weighted by atomic mass is 9.77. The standard InChI is InChI=1S/C15H16O5/c1-9-5-4-6-11(7-9)12(16)8-15(3,14(19)20)10(2)13(17)18/h4-7H,2,8H2,1,3H3,(H,17,18)(H,19,20)/p-2. The Morgan fingerprint density at radius 3 is 2.30 bits per heavy atom. The summed E-state index contributed by atoms with van der Waals surface area (Å²) in [4.78, 5) is 34.1. The molecule has 1 aromatic carbocycles. The van der Waals surface area contributed by atoms with Gasteiger partial charge in [0.15, 0.2) is 5.78 Å². The third kappa shape index (κ3) is 3.12. The number of carbonyl (C=O) groups is 3. The molecule has 5 heteroatoms. The van der Waals surface area contributed by atoms with Crippen molar-refractivity contribution in [2.24, 2.45) is 5.41 Å². The minimum absolute atomic E-state index is 0.309. The number of benzene rings is 1. The summed E-state index contributed by atoms with van der Waals surface area (Å²) >= 11 is 0. The molecule has 20 heavy (non-hydrogen) atoms. The largest absolute Gasteiger partial charge is 0.549 e. The molecule has 0 saturated carbocycles. The molecule has 0 aromatic heterocycles. The van der Waals surface area contributed by atoms with Crippen molar-refractivity contribution in [2.45, 2.75) is 20.3 Å². The van der Waals surface area contributed by atoms with E-state index < -0.39 is 35.1 Å². The second kappa shape index (κ2) is 5.69. The van der Waals surface area contributed by atoms with E-state index in [1.807, 2.05) is 0 Å². The highest BCUT2D eigenvalue weighted by atomic mass is 16.4. The first kappa shape index (κ1) is 15.6. The molecule has 0 fully saturated rings. The van der Waals surface area contributed by atoms with Gasteiger partial charge in [-0.1, -0.05) is 30.3 Å². The maximum atomic E-state index is 12.1. The number of aliphatic carboxylic acids is 2. The fourth-order valence-corrected chi connectivity index (χ4v) is 1.77. The molecular formula is C15H14O5-2. The van der Waals surface area contributed by atoms with Crippen LogP contribution in [0.4, 0.5) is 0 Å². The number of Topliss-reactive ketones (excluding diaryl/α,β-unsaturated/α-hetero) is 1. The summed E-state index contributed by atoms with van der Waals surface area (Å²) in [7, 11) is 0. The number of carboxylic acid groups (broad SMARTS) is 2. The van der Waals surface area contributed by atoms with Crippen LogP contribution in [-0.2, 0) is 9.59 Å². The molecule has 106 valence electrons. The van der Waals surface area contributed by atoms with E-state index in [1.165, 1.54) is 6.07 Å². The van der Waals surface area contributed by atoms with E-state index in [2.05, 4.69) is 6.58 Å². The number of aryl methyl sites for hydroxylation is 1. The van der Waals surface area contributed by atoms with Gasteiger partial charge in [0.2, 0.25) is 0 Å². The first-order valence-electron chi connectivity index (χ1n) is 5.90. The Balaban J connectivity index is 3.09.